The minimum Gasteiger partial charge on any atom is -0.261 e. The molecule has 0 saturated carbocycles. The van der Waals surface area contributed by atoms with Gasteiger partial charge >= 0.3 is 0 Å². The van der Waals surface area contributed by atoms with Crippen molar-refractivity contribution in [1.82, 2.24) is 9.97 Å². The third kappa shape index (κ3) is 2.88. The molecule has 0 radical (unpaired) electrons. The molecule has 0 fully saturated rings. The fourth-order valence-corrected chi connectivity index (χ4v) is 1.60. The largest absolute Gasteiger partial charge is 0.261 e. The summed E-state index contributed by atoms with van der Waals surface area (Å²) in [6, 6.07) is 8.59. The van der Waals surface area contributed by atoms with Crippen molar-refractivity contribution in [2.75, 3.05) is 0 Å². The van der Waals surface area contributed by atoms with Gasteiger partial charge in [0.05, 0.1) is 5.69 Å². The molecule has 0 spiro atoms. The number of hydrogen-bond donors (Lipinski definition) is 0. The van der Waals surface area contributed by atoms with Gasteiger partial charge in [0, 0.05) is 18.6 Å². The zero-order valence-corrected chi connectivity index (χ0v) is 8.85. The summed E-state index contributed by atoms with van der Waals surface area (Å²) in [5, 5.41) is 0. The summed E-state index contributed by atoms with van der Waals surface area (Å²) in [6.07, 6.45) is 7.26. The molecule has 0 amide bonds. The molecule has 0 bridgehead atoms. The molecule has 2 aromatic rings. The summed E-state index contributed by atoms with van der Waals surface area (Å²) in [7, 11) is 0. The van der Waals surface area contributed by atoms with Gasteiger partial charge in [-0.3, -0.25) is 9.97 Å². The molecule has 2 nitrogen and oxygen atoms in total. The van der Waals surface area contributed by atoms with E-state index >= 15 is 0 Å². The summed E-state index contributed by atoms with van der Waals surface area (Å²) in [5.74, 6) is 0. The van der Waals surface area contributed by atoms with Gasteiger partial charge < -0.3 is 0 Å². The van der Waals surface area contributed by atoms with Gasteiger partial charge in [0.1, 0.15) is 0 Å². The first-order valence-electron chi connectivity index (χ1n) is 5.15. The normalized spacial score (nSPS) is 10.2. The molecule has 1 aromatic heterocycles. The van der Waals surface area contributed by atoms with Crippen LogP contribution in [-0.4, -0.2) is 9.97 Å². The highest BCUT2D eigenvalue weighted by molar-refractivity contribution is 5.22. The average molecular weight is 198 g/mol. The van der Waals surface area contributed by atoms with Crippen molar-refractivity contribution in [2.45, 2.75) is 19.8 Å². The van der Waals surface area contributed by atoms with Gasteiger partial charge in [0.15, 0.2) is 0 Å². The summed E-state index contributed by atoms with van der Waals surface area (Å²) in [6.45, 7) is 2.12. The van der Waals surface area contributed by atoms with E-state index in [2.05, 4.69) is 41.2 Å². The molecule has 0 aliphatic carbocycles. The van der Waals surface area contributed by atoms with Crippen LogP contribution in [0.2, 0.25) is 0 Å². The first-order chi connectivity index (χ1) is 7.34. The van der Waals surface area contributed by atoms with E-state index in [9.17, 15) is 0 Å². The predicted octanol–water partition coefficient (Wildman–Crippen LogP) is 2.57. The van der Waals surface area contributed by atoms with Crippen LogP contribution in [0.4, 0.5) is 0 Å². The molecule has 1 heterocycles. The van der Waals surface area contributed by atoms with E-state index in [1.165, 1.54) is 11.1 Å². The molecule has 1 aromatic carbocycles. The number of aryl methyl sites for hydroxylation is 3. The Morgan fingerprint density at radius 1 is 1.13 bits per heavy atom. The van der Waals surface area contributed by atoms with E-state index < -0.39 is 0 Å². The van der Waals surface area contributed by atoms with Crippen LogP contribution in [-0.2, 0) is 12.8 Å². The molecule has 0 atom stereocenters. The van der Waals surface area contributed by atoms with Crippen molar-refractivity contribution < 1.29 is 0 Å². The standard InChI is InChI=1S/C13H14N2/c1-11-3-2-4-12(9-11)5-6-13-10-14-7-8-15-13/h2-4,7-10H,5-6H2,1H3. The molecule has 0 aliphatic rings. The van der Waals surface area contributed by atoms with Crippen molar-refractivity contribution in [3.8, 4) is 0 Å². The molecule has 15 heavy (non-hydrogen) atoms. The number of rotatable bonds is 3. The van der Waals surface area contributed by atoms with E-state index in [4.69, 9.17) is 0 Å². The van der Waals surface area contributed by atoms with Gasteiger partial charge in [0.2, 0.25) is 0 Å². The second kappa shape index (κ2) is 4.69. The molecule has 0 unspecified atom stereocenters. The van der Waals surface area contributed by atoms with Crippen LogP contribution in [0, 0.1) is 6.92 Å². The van der Waals surface area contributed by atoms with Crippen molar-refractivity contribution in [3.63, 3.8) is 0 Å². The van der Waals surface area contributed by atoms with E-state index in [0.717, 1.165) is 18.5 Å². The van der Waals surface area contributed by atoms with Crippen molar-refractivity contribution >= 4 is 0 Å². The van der Waals surface area contributed by atoms with E-state index in [1.807, 2.05) is 6.20 Å². The van der Waals surface area contributed by atoms with Crippen molar-refractivity contribution in [2.24, 2.45) is 0 Å². The Morgan fingerprint density at radius 2 is 2.07 bits per heavy atom. The summed E-state index contributed by atoms with van der Waals surface area (Å²) in [5.41, 5.74) is 3.73. The lowest BCUT2D eigenvalue weighted by molar-refractivity contribution is 0.897. The third-order valence-electron chi connectivity index (χ3n) is 2.37. The van der Waals surface area contributed by atoms with Crippen molar-refractivity contribution in [3.05, 3.63) is 59.7 Å². The highest BCUT2D eigenvalue weighted by atomic mass is 14.8. The van der Waals surface area contributed by atoms with E-state index in [1.54, 1.807) is 12.4 Å². The highest BCUT2D eigenvalue weighted by Gasteiger charge is 1.96. The number of aromatic nitrogens is 2. The van der Waals surface area contributed by atoms with Gasteiger partial charge in [-0.05, 0) is 25.3 Å². The lowest BCUT2D eigenvalue weighted by Gasteiger charge is -2.01. The predicted molar refractivity (Wildman–Crippen MR) is 60.6 cm³/mol. The van der Waals surface area contributed by atoms with Crippen LogP contribution < -0.4 is 0 Å². The Labute approximate surface area is 90.0 Å². The van der Waals surface area contributed by atoms with Crippen LogP contribution in [0.1, 0.15) is 16.8 Å². The third-order valence-corrected chi connectivity index (χ3v) is 2.37. The van der Waals surface area contributed by atoms with Gasteiger partial charge in [-0.15, -0.1) is 0 Å². The average Bonchev–Trinajstić information content (AvgIpc) is 2.28. The Morgan fingerprint density at radius 3 is 2.80 bits per heavy atom. The van der Waals surface area contributed by atoms with Crippen LogP contribution in [0.5, 0.6) is 0 Å². The molecule has 76 valence electrons. The zero-order chi connectivity index (χ0) is 10.5. The Kier molecular flexibility index (Phi) is 3.08. The molecular weight excluding hydrogens is 184 g/mol. The molecular formula is C13H14N2. The Hall–Kier alpha value is -1.70. The minimum absolute atomic E-state index is 0.956. The smallest absolute Gasteiger partial charge is 0.0589 e. The van der Waals surface area contributed by atoms with Gasteiger partial charge in [0.25, 0.3) is 0 Å². The minimum atomic E-state index is 0.956. The van der Waals surface area contributed by atoms with Gasteiger partial charge in [-0.2, -0.15) is 0 Å². The lowest BCUT2D eigenvalue weighted by Crippen LogP contribution is -1.94. The summed E-state index contributed by atoms with van der Waals surface area (Å²) in [4.78, 5) is 8.31. The van der Waals surface area contributed by atoms with Crippen LogP contribution in [0.25, 0.3) is 0 Å². The maximum Gasteiger partial charge on any atom is 0.0589 e. The topological polar surface area (TPSA) is 25.8 Å². The second-order valence-electron chi connectivity index (χ2n) is 3.69. The lowest BCUT2D eigenvalue weighted by atomic mass is 10.1. The fraction of sp³-hybridized carbons (Fsp3) is 0.231. The maximum absolute atomic E-state index is 4.25. The fourth-order valence-electron chi connectivity index (χ4n) is 1.60. The van der Waals surface area contributed by atoms with Crippen LogP contribution >= 0.6 is 0 Å². The highest BCUT2D eigenvalue weighted by Crippen LogP contribution is 2.07. The Bertz CT molecular complexity index is 424. The van der Waals surface area contributed by atoms with E-state index in [0.29, 0.717) is 0 Å². The Balaban J connectivity index is 1.99. The first-order valence-corrected chi connectivity index (χ1v) is 5.15. The maximum atomic E-state index is 4.25. The number of hydrogen-bond acceptors (Lipinski definition) is 2. The van der Waals surface area contributed by atoms with Crippen LogP contribution in [0.3, 0.4) is 0 Å². The number of benzene rings is 1. The SMILES string of the molecule is Cc1cccc(CCc2cnccn2)c1. The number of nitrogens with zero attached hydrogens (tertiary/aromatic N) is 2. The van der Waals surface area contributed by atoms with E-state index in [-0.39, 0.29) is 0 Å². The first kappa shape index (κ1) is 9.84. The quantitative estimate of drug-likeness (QED) is 0.757. The van der Waals surface area contributed by atoms with Crippen LogP contribution in [0.15, 0.2) is 42.9 Å². The summed E-state index contributed by atoms with van der Waals surface area (Å²) >= 11 is 0. The monoisotopic (exact) mass is 198 g/mol. The molecule has 0 N–H and O–H groups in total. The zero-order valence-electron chi connectivity index (χ0n) is 8.85. The van der Waals surface area contributed by atoms with Crippen molar-refractivity contribution in [1.29, 1.82) is 0 Å². The van der Waals surface area contributed by atoms with Gasteiger partial charge in [-0.1, -0.05) is 29.8 Å². The molecule has 0 aliphatic heterocycles. The summed E-state index contributed by atoms with van der Waals surface area (Å²) < 4.78 is 0. The van der Waals surface area contributed by atoms with Gasteiger partial charge in [-0.25, -0.2) is 0 Å². The second-order valence-corrected chi connectivity index (χ2v) is 3.69. The molecule has 2 heteroatoms. The molecule has 2 rings (SSSR count). The molecule has 0 saturated heterocycles.